The van der Waals surface area contributed by atoms with E-state index in [1.807, 2.05) is 16.7 Å². The highest BCUT2D eigenvalue weighted by atomic mass is 16.2. The van der Waals surface area contributed by atoms with E-state index >= 15 is 0 Å². The van der Waals surface area contributed by atoms with Crippen LogP contribution in [0.5, 0.6) is 0 Å². The first kappa shape index (κ1) is 13.6. The minimum absolute atomic E-state index is 0.0113. The predicted octanol–water partition coefficient (Wildman–Crippen LogP) is -1.48. The molecule has 2 N–H and O–H groups in total. The van der Waals surface area contributed by atoms with E-state index in [0.717, 1.165) is 26.2 Å². The van der Waals surface area contributed by atoms with Gasteiger partial charge in [0.2, 0.25) is 5.91 Å². The molecule has 3 heterocycles. The Morgan fingerprint density at radius 3 is 2.75 bits per heavy atom. The Morgan fingerprint density at radius 2 is 2.00 bits per heavy atom. The molecule has 0 saturated carbocycles. The zero-order valence-electron chi connectivity index (χ0n) is 12.0. The molecule has 2 atom stereocenters. The van der Waals surface area contributed by atoms with Crippen LogP contribution in [0.4, 0.5) is 4.79 Å². The second kappa shape index (κ2) is 5.57. The molecular formula is C13H23N5O2. The SMILES string of the molecule is CC(C(=O)N1CCN2C(=O)NCC2C1)N1CCNCC1. The molecule has 0 aliphatic carbocycles. The lowest BCUT2D eigenvalue weighted by atomic mass is 10.1. The minimum Gasteiger partial charge on any atom is -0.337 e. The summed E-state index contributed by atoms with van der Waals surface area (Å²) in [7, 11) is 0. The summed E-state index contributed by atoms with van der Waals surface area (Å²) in [4.78, 5) is 30.2. The van der Waals surface area contributed by atoms with Crippen LogP contribution in [0.3, 0.4) is 0 Å². The highest BCUT2D eigenvalue weighted by Gasteiger charge is 2.38. The van der Waals surface area contributed by atoms with Gasteiger partial charge in [-0.2, -0.15) is 0 Å². The van der Waals surface area contributed by atoms with E-state index < -0.39 is 0 Å². The van der Waals surface area contributed by atoms with E-state index in [-0.39, 0.29) is 24.0 Å². The van der Waals surface area contributed by atoms with Gasteiger partial charge in [-0.1, -0.05) is 0 Å². The number of nitrogens with zero attached hydrogens (tertiary/aromatic N) is 3. The predicted molar refractivity (Wildman–Crippen MR) is 74.4 cm³/mol. The van der Waals surface area contributed by atoms with Gasteiger partial charge in [-0.3, -0.25) is 9.69 Å². The second-order valence-corrected chi connectivity index (χ2v) is 5.78. The summed E-state index contributed by atoms with van der Waals surface area (Å²) in [5, 5.41) is 6.15. The monoisotopic (exact) mass is 281 g/mol. The highest BCUT2D eigenvalue weighted by Crippen LogP contribution is 2.16. The zero-order valence-corrected chi connectivity index (χ0v) is 12.0. The molecule has 2 unspecified atom stereocenters. The molecule has 3 rings (SSSR count). The fraction of sp³-hybridized carbons (Fsp3) is 0.846. The Morgan fingerprint density at radius 1 is 1.25 bits per heavy atom. The van der Waals surface area contributed by atoms with E-state index in [1.54, 1.807) is 0 Å². The second-order valence-electron chi connectivity index (χ2n) is 5.78. The lowest BCUT2D eigenvalue weighted by Gasteiger charge is -2.40. The van der Waals surface area contributed by atoms with Crippen molar-refractivity contribution < 1.29 is 9.59 Å². The van der Waals surface area contributed by atoms with Crippen molar-refractivity contribution in [3.63, 3.8) is 0 Å². The van der Waals surface area contributed by atoms with Gasteiger partial charge in [0.1, 0.15) is 0 Å². The van der Waals surface area contributed by atoms with Crippen molar-refractivity contribution in [1.82, 2.24) is 25.3 Å². The molecule has 3 aliphatic rings. The summed E-state index contributed by atoms with van der Waals surface area (Å²) >= 11 is 0. The third kappa shape index (κ3) is 2.47. The van der Waals surface area contributed by atoms with Gasteiger partial charge in [0.15, 0.2) is 0 Å². The van der Waals surface area contributed by atoms with Crippen LogP contribution < -0.4 is 10.6 Å². The lowest BCUT2D eigenvalue weighted by molar-refractivity contribution is -0.138. The first-order valence-corrected chi connectivity index (χ1v) is 7.45. The Balaban J connectivity index is 1.58. The summed E-state index contributed by atoms with van der Waals surface area (Å²) in [5.74, 6) is 0.200. The number of piperazine rings is 2. The van der Waals surface area contributed by atoms with Gasteiger partial charge in [0.05, 0.1) is 12.1 Å². The maximum atomic E-state index is 12.6. The number of rotatable bonds is 2. The first-order valence-electron chi connectivity index (χ1n) is 7.45. The molecule has 0 bridgehead atoms. The van der Waals surface area contributed by atoms with Crippen LogP contribution in [0.1, 0.15) is 6.92 Å². The fourth-order valence-corrected chi connectivity index (χ4v) is 3.29. The highest BCUT2D eigenvalue weighted by molar-refractivity contribution is 5.82. The van der Waals surface area contributed by atoms with Crippen molar-refractivity contribution in [1.29, 1.82) is 0 Å². The van der Waals surface area contributed by atoms with Crippen LogP contribution in [0.2, 0.25) is 0 Å². The summed E-state index contributed by atoms with van der Waals surface area (Å²) in [6.45, 7) is 8.37. The molecule has 20 heavy (non-hydrogen) atoms. The minimum atomic E-state index is -0.0614. The maximum absolute atomic E-state index is 12.6. The molecule has 0 spiro atoms. The molecule has 7 nitrogen and oxygen atoms in total. The number of hydrogen-bond acceptors (Lipinski definition) is 4. The average molecular weight is 281 g/mol. The number of urea groups is 1. The molecule has 112 valence electrons. The quantitative estimate of drug-likeness (QED) is 0.647. The zero-order chi connectivity index (χ0) is 14.1. The molecule has 3 amide bonds. The number of nitrogens with one attached hydrogen (secondary N) is 2. The van der Waals surface area contributed by atoms with Crippen LogP contribution >= 0.6 is 0 Å². The van der Waals surface area contributed by atoms with Crippen LogP contribution in [0.15, 0.2) is 0 Å². The molecule has 3 fully saturated rings. The number of carbonyl (C=O) groups excluding carboxylic acids is 2. The number of carbonyl (C=O) groups is 2. The summed E-state index contributed by atoms with van der Waals surface area (Å²) in [5.41, 5.74) is 0. The van der Waals surface area contributed by atoms with E-state index in [2.05, 4.69) is 15.5 Å². The summed E-state index contributed by atoms with van der Waals surface area (Å²) in [6.07, 6.45) is 0. The van der Waals surface area contributed by atoms with Crippen LogP contribution in [0.25, 0.3) is 0 Å². The molecule has 0 aromatic rings. The van der Waals surface area contributed by atoms with Gasteiger partial charge in [0, 0.05) is 52.4 Å². The Hall–Kier alpha value is -1.34. The molecule has 7 heteroatoms. The molecular weight excluding hydrogens is 258 g/mol. The number of fused-ring (bicyclic) bond motifs is 1. The Labute approximate surface area is 119 Å². The Bertz CT molecular complexity index is 396. The largest absolute Gasteiger partial charge is 0.337 e. The van der Waals surface area contributed by atoms with Crippen LogP contribution in [-0.2, 0) is 4.79 Å². The average Bonchev–Trinajstić information content (AvgIpc) is 2.87. The topological polar surface area (TPSA) is 67.9 Å². The van der Waals surface area contributed by atoms with Crippen molar-refractivity contribution in [2.24, 2.45) is 0 Å². The molecule has 0 radical (unpaired) electrons. The molecule has 0 aromatic carbocycles. The van der Waals surface area contributed by atoms with Crippen molar-refractivity contribution in [2.45, 2.75) is 19.0 Å². The summed E-state index contributed by atoms with van der Waals surface area (Å²) in [6, 6.07) is 0.0985. The molecule has 3 saturated heterocycles. The van der Waals surface area contributed by atoms with Crippen LogP contribution in [-0.4, -0.2) is 91.1 Å². The standard InChI is InChI=1S/C13H23N5O2/c1-10(16-4-2-14-3-5-16)12(19)17-6-7-18-11(9-17)8-15-13(18)20/h10-11,14H,2-9H2,1H3,(H,15,20). The van der Waals surface area contributed by atoms with E-state index in [1.165, 1.54) is 0 Å². The van der Waals surface area contributed by atoms with Gasteiger partial charge in [-0.05, 0) is 6.92 Å². The third-order valence-electron chi connectivity index (χ3n) is 4.60. The van der Waals surface area contributed by atoms with Crippen molar-refractivity contribution in [3.8, 4) is 0 Å². The van der Waals surface area contributed by atoms with E-state index in [0.29, 0.717) is 26.2 Å². The van der Waals surface area contributed by atoms with Gasteiger partial charge in [-0.25, -0.2) is 4.79 Å². The third-order valence-corrected chi connectivity index (χ3v) is 4.60. The Kier molecular flexibility index (Phi) is 3.80. The lowest BCUT2D eigenvalue weighted by Crippen LogP contribution is -2.59. The normalized spacial score (nSPS) is 29.1. The van der Waals surface area contributed by atoms with Gasteiger partial charge < -0.3 is 20.4 Å². The molecule has 0 aromatic heterocycles. The van der Waals surface area contributed by atoms with Crippen molar-refractivity contribution in [3.05, 3.63) is 0 Å². The maximum Gasteiger partial charge on any atom is 0.317 e. The fourth-order valence-electron chi connectivity index (χ4n) is 3.29. The van der Waals surface area contributed by atoms with E-state index in [4.69, 9.17) is 0 Å². The summed E-state index contributed by atoms with van der Waals surface area (Å²) < 4.78 is 0. The van der Waals surface area contributed by atoms with Crippen molar-refractivity contribution >= 4 is 11.9 Å². The van der Waals surface area contributed by atoms with Crippen molar-refractivity contribution in [2.75, 3.05) is 52.4 Å². The number of amides is 3. The van der Waals surface area contributed by atoms with E-state index in [9.17, 15) is 9.59 Å². The molecule has 3 aliphatic heterocycles. The van der Waals surface area contributed by atoms with Gasteiger partial charge in [0.25, 0.3) is 0 Å². The van der Waals surface area contributed by atoms with Crippen LogP contribution in [0, 0.1) is 0 Å². The number of hydrogen-bond donors (Lipinski definition) is 2. The van der Waals surface area contributed by atoms with Gasteiger partial charge in [-0.15, -0.1) is 0 Å². The van der Waals surface area contributed by atoms with Gasteiger partial charge >= 0.3 is 6.03 Å². The smallest absolute Gasteiger partial charge is 0.317 e. The first-order chi connectivity index (χ1) is 9.66.